The van der Waals surface area contributed by atoms with Crippen LogP contribution in [0.3, 0.4) is 0 Å². The van der Waals surface area contributed by atoms with E-state index in [0.29, 0.717) is 30.3 Å². The number of rotatable bonds is 6. The van der Waals surface area contributed by atoms with Gasteiger partial charge in [-0.25, -0.2) is 13.4 Å². The maximum Gasteiger partial charge on any atom is 0.244 e. The van der Waals surface area contributed by atoms with Crippen LogP contribution in [-0.4, -0.2) is 42.0 Å². The first-order chi connectivity index (χ1) is 13.3. The third-order valence-corrected chi connectivity index (χ3v) is 8.61. The largest absolute Gasteiger partial charge is 0.301 e. The van der Waals surface area contributed by atoms with Crippen molar-refractivity contribution in [3.05, 3.63) is 35.5 Å². The number of sulfonamides is 1. The molecule has 3 rings (SSSR count). The van der Waals surface area contributed by atoms with Gasteiger partial charge in [0, 0.05) is 6.54 Å². The number of nitrogens with one attached hydrogen (secondary N) is 1. The molecule has 28 heavy (non-hydrogen) atoms. The number of aryl methyl sites for hydroxylation is 2. The lowest BCUT2D eigenvalue weighted by Crippen LogP contribution is -2.43. The highest BCUT2D eigenvalue weighted by molar-refractivity contribution is 8.01. The monoisotopic (exact) mass is 436 g/mol. The zero-order chi connectivity index (χ0) is 20.3. The summed E-state index contributed by atoms with van der Waals surface area (Å²) in [5.41, 5.74) is 1.72. The Labute approximate surface area is 172 Å². The van der Waals surface area contributed by atoms with Crippen molar-refractivity contribution in [2.45, 2.75) is 41.8 Å². The van der Waals surface area contributed by atoms with Crippen LogP contribution in [0.1, 0.15) is 24.1 Å². The number of aromatic nitrogens is 1. The highest BCUT2D eigenvalue weighted by atomic mass is 32.2. The summed E-state index contributed by atoms with van der Waals surface area (Å²) < 4.78 is 28.1. The second-order valence-corrected chi connectivity index (χ2v) is 10.5. The van der Waals surface area contributed by atoms with Crippen LogP contribution < -0.4 is 5.32 Å². The molecule has 1 N–H and O–H groups in total. The Hall–Kier alpha value is -1.93. The second-order valence-electron chi connectivity index (χ2n) is 6.41. The Balaban J connectivity index is 1.76. The summed E-state index contributed by atoms with van der Waals surface area (Å²) in [4.78, 5) is 17.3. The fourth-order valence-electron chi connectivity index (χ4n) is 2.99. The van der Waals surface area contributed by atoms with Gasteiger partial charge in [-0.05, 0) is 38.8 Å². The Morgan fingerprint density at radius 3 is 2.79 bits per heavy atom. The van der Waals surface area contributed by atoms with Crippen LogP contribution >= 0.6 is 23.1 Å². The number of nitrogens with zero attached hydrogens (tertiary/aromatic N) is 3. The Morgan fingerprint density at radius 2 is 2.11 bits per heavy atom. The molecule has 1 atom stereocenters. The zero-order valence-electron chi connectivity index (χ0n) is 15.5. The molecule has 0 bridgehead atoms. The number of thiazole rings is 1. The summed E-state index contributed by atoms with van der Waals surface area (Å²) in [7, 11) is -3.74. The number of nitriles is 1. The van der Waals surface area contributed by atoms with Gasteiger partial charge in [-0.1, -0.05) is 40.8 Å². The molecule has 148 valence electrons. The number of amides is 1. The molecule has 0 saturated carbocycles. The highest BCUT2D eigenvalue weighted by Crippen LogP contribution is 2.33. The normalized spacial score (nSPS) is 17.4. The van der Waals surface area contributed by atoms with Gasteiger partial charge in [0.25, 0.3) is 0 Å². The predicted molar refractivity (Wildman–Crippen MR) is 110 cm³/mol. The van der Waals surface area contributed by atoms with Gasteiger partial charge in [0.2, 0.25) is 15.9 Å². The van der Waals surface area contributed by atoms with Crippen LogP contribution in [0.4, 0.5) is 5.13 Å². The molecule has 1 aliphatic heterocycles. The average Bonchev–Trinajstić information content (AvgIpc) is 3.27. The van der Waals surface area contributed by atoms with Crippen molar-refractivity contribution >= 4 is 44.2 Å². The first-order valence-corrected chi connectivity index (χ1v) is 11.9. The number of thioether (sulfide) groups is 1. The minimum atomic E-state index is -3.74. The predicted octanol–water partition coefficient (Wildman–Crippen LogP) is 3.17. The smallest absolute Gasteiger partial charge is 0.244 e. The molecule has 0 unspecified atom stereocenters. The lowest BCUT2D eigenvalue weighted by Gasteiger charge is -2.23. The first-order valence-electron chi connectivity index (χ1n) is 8.69. The molecule has 0 spiro atoms. The van der Waals surface area contributed by atoms with Gasteiger partial charge in [-0.15, -0.1) is 0 Å². The van der Waals surface area contributed by atoms with Crippen LogP contribution in [-0.2, 0) is 14.8 Å². The third kappa shape index (κ3) is 4.38. The fourth-order valence-corrected chi connectivity index (χ4v) is 6.45. The van der Waals surface area contributed by atoms with Gasteiger partial charge in [0.1, 0.15) is 6.04 Å². The molecule has 0 radical (unpaired) electrons. The van der Waals surface area contributed by atoms with E-state index in [1.807, 2.05) is 13.8 Å². The van der Waals surface area contributed by atoms with Crippen molar-refractivity contribution in [2.24, 2.45) is 0 Å². The summed E-state index contributed by atoms with van der Waals surface area (Å²) in [6.45, 7) is 4.02. The number of carbonyl (C=O) groups excluding carboxylic acids is 1. The average molecular weight is 437 g/mol. The number of anilines is 1. The van der Waals surface area contributed by atoms with E-state index in [1.54, 1.807) is 24.3 Å². The van der Waals surface area contributed by atoms with Gasteiger partial charge in [0.15, 0.2) is 5.13 Å². The number of benzene rings is 1. The molecule has 10 heteroatoms. The number of carbonyl (C=O) groups is 1. The van der Waals surface area contributed by atoms with Crippen molar-refractivity contribution in [1.82, 2.24) is 9.29 Å². The highest BCUT2D eigenvalue weighted by Gasteiger charge is 2.39. The quantitative estimate of drug-likeness (QED) is 0.698. The van der Waals surface area contributed by atoms with E-state index in [0.717, 1.165) is 15.5 Å². The summed E-state index contributed by atoms with van der Waals surface area (Å²) in [5, 5.41) is 11.9. The van der Waals surface area contributed by atoms with Gasteiger partial charge < -0.3 is 5.32 Å². The van der Waals surface area contributed by atoms with Crippen molar-refractivity contribution in [2.75, 3.05) is 17.6 Å². The molecule has 1 aliphatic rings. The summed E-state index contributed by atoms with van der Waals surface area (Å²) in [6.07, 6.45) is 1.10. The Kier molecular flexibility index (Phi) is 6.40. The lowest BCUT2D eigenvalue weighted by atomic mass is 10.2. The molecule has 2 aromatic rings. The number of hydrogen-bond acceptors (Lipinski definition) is 7. The van der Waals surface area contributed by atoms with E-state index in [-0.39, 0.29) is 10.8 Å². The first kappa shape index (κ1) is 20.8. The molecular formula is C18H20N4O3S3. The lowest BCUT2D eigenvalue weighted by molar-refractivity contribution is -0.119. The standard InChI is InChI=1S/C18H20N4O3S3/c1-12-5-7-14(8-6-12)28(24,25)22-10-3-4-15(22)16(23)21-18-20-13(2)17(27-18)26-11-9-19/h5-8,15H,3-4,10-11H2,1-2H3,(H,20,21,23)/t15-/m0/s1. The van der Waals surface area contributed by atoms with Crippen molar-refractivity contribution in [1.29, 1.82) is 5.26 Å². The van der Waals surface area contributed by atoms with Gasteiger partial charge in [0.05, 0.1) is 26.6 Å². The zero-order valence-corrected chi connectivity index (χ0v) is 18.0. The van der Waals surface area contributed by atoms with Crippen LogP contribution in [0, 0.1) is 25.2 Å². The fraction of sp³-hybridized carbons (Fsp3) is 0.389. The van der Waals surface area contributed by atoms with E-state index < -0.39 is 16.1 Å². The molecular weight excluding hydrogens is 416 g/mol. The van der Waals surface area contributed by atoms with Gasteiger partial charge in [-0.2, -0.15) is 9.57 Å². The molecule has 1 aromatic heterocycles. The van der Waals surface area contributed by atoms with E-state index in [1.165, 1.54) is 27.4 Å². The summed E-state index contributed by atoms with van der Waals surface area (Å²) in [5.74, 6) is -0.0690. The van der Waals surface area contributed by atoms with Crippen LogP contribution in [0.15, 0.2) is 33.4 Å². The summed E-state index contributed by atoms with van der Waals surface area (Å²) in [6, 6.07) is 7.94. The van der Waals surface area contributed by atoms with E-state index in [9.17, 15) is 13.2 Å². The maximum absolute atomic E-state index is 13.0. The number of hydrogen-bond donors (Lipinski definition) is 1. The topological polar surface area (TPSA) is 103 Å². The van der Waals surface area contributed by atoms with Crippen molar-refractivity contribution in [3.63, 3.8) is 0 Å². The SMILES string of the molecule is Cc1ccc(S(=O)(=O)N2CCC[C@H]2C(=O)Nc2nc(C)c(SCC#N)s2)cc1. The second kappa shape index (κ2) is 8.61. The Bertz CT molecular complexity index is 1010. The minimum Gasteiger partial charge on any atom is -0.301 e. The van der Waals surface area contributed by atoms with E-state index in [4.69, 9.17) is 5.26 Å². The van der Waals surface area contributed by atoms with Crippen molar-refractivity contribution < 1.29 is 13.2 Å². The molecule has 1 amide bonds. The molecule has 7 nitrogen and oxygen atoms in total. The van der Waals surface area contributed by atoms with E-state index in [2.05, 4.69) is 16.4 Å². The maximum atomic E-state index is 13.0. The Morgan fingerprint density at radius 1 is 1.39 bits per heavy atom. The molecule has 1 aromatic carbocycles. The van der Waals surface area contributed by atoms with Crippen molar-refractivity contribution in [3.8, 4) is 6.07 Å². The van der Waals surface area contributed by atoms with Gasteiger partial charge >= 0.3 is 0 Å². The van der Waals surface area contributed by atoms with E-state index >= 15 is 0 Å². The minimum absolute atomic E-state index is 0.193. The van der Waals surface area contributed by atoms with Crippen LogP contribution in [0.5, 0.6) is 0 Å². The summed E-state index contributed by atoms with van der Waals surface area (Å²) >= 11 is 2.66. The van der Waals surface area contributed by atoms with Crippen LogP contribution in [0.2, 0.25) is 0 Å². The third-order valence-electron chi connectivity index (χ3n) is 4.39. The molecule has 1 fully saturated rings. The molecule has 1 saturated heterocycles. The molecule has 0 aliphatic carbocycles. The molecule has 2 heterocycles. The van der Waals surface area contributed by atoms with Gasteiger partial charge in [-0.3, -0.25) is 4.79 Å². The van der Waals surface area contributed by atoms with Crippen LogP contribution in [0.25, 0.3) is 0 Å².